The fourth-order valence-corrected chi connectivity index (χ4v) is 12.4. The topological polar surface area (TPSA) is 147 Å². The van der Waals surface area contributed by atoms with Crippen molar-refractivity contribution >= 4 is 29.9 Å². The standard InChI is InChI=1S/C42H57NO7.CH4O/c1-24(2)34-29(45)21-42(43-36(47)25-11-9-10-12-26(25)37(48)49)20-15-28-27(35(34)42)13-14-31-40(28,7)18-16-30-39(5,6)32(17-19-41(30,31)8)50-33(46)22-38(3,4)23-44;1-2/h9-12,23-24,27-28,30-32H,13-22H2,1-8H3,(H,43,47)(H,48,49);2H,1H3. The number of aromatic carboxylic acids is 1. The normalized spacial score (nSPS) is 34.8. The van der Waals surface area contributed by atoms with Gasteiger partial charge >= 0.3 is 11.9 Å². The number of esters is 1. The number of carbonyl (C=O) groups is 5. The number of carboxylic acid groups (broad SMARTS) is 1. The quantitative estimate of drug-likeness (QED) is 0.184. The summed E-state index contributed by atoms with van der Waals surface area (Å²) < 4.78 is 6.17. The van der Waals surface area contributed by atoms with Gasteiger partial charge in [0.25, 0.3) is 5.91 Å². The molecule has 1 aromatic rings. The number of benzene rings is 1. The lowest BCUT2D eigenvalue weighted by Gasteiger charge is -2.68. The van der Waals surface area contributed by atoms with Crippen molar-refractivity contribution in [2.24, 2.45) is 51.2 Å². The Morgan fingerprint density at radius 1 is 0.923 bits per heavy atom. The summed E-state index contributed by atoms with van der Waals surface area (Å²) in [6, 6.07) is 6.31. The number of carbonyl (C=O) groups excluding carboxylic acids is 4. The molecule has 8 unspecified atom stereocenters. The van der Waals surface area contributed by atoms with Gasteiger partial charge in [-0.25, -0.2) is 4.79 Å². The van der Waals surface area contributed by atoms with Gasteiger partial charge in [-0.3, -0.25) is 14.4 Å². The first kappa shape index (κ1) is 39.9. The van der Waals surface area contributed by atoms with E-state index in [9.17, 15) is 29.1 Å². The molecule has 5 aliphatic carbocycles. The lowest BCUT2D eigenvalue weighted by Crippen LogP contribution is -2.64. The average Bonchev–Trinajstić information content (AvgIpc) is 3.38. The third kappa shape index (κ3) is 6.47. The molecule has 4 fully saturated rings. The van der Waals surface area contributed by atoms with Crippen molar-refractivity contribution in [3.8, 4) is 0 Å². The summed E-state index contributed by atoms with van der Waals surface area (Å²) in [5.41, 5.74) is 0.441. The van der Waals surface area contributed by atoms with Crippen LogP contribution in [-0.4, -0.2) is 58.9 Å². The third-order valence-corrected chi connectivity index (χ3v) is 14.5. The Kier molecular flexibility index (Phi) is 10.8. The lowest BCUT2D eigenvalue weighted by molar-refractivity contribution is -0.213. The number of rotatable bonds is 8. The number of aliphatic hydroxyl groups excluding tert-OH is 1. The monoisotopic (exact) mass is 719 g/mol. The van der Waals surface area contributed by atoms with Gasteiger partial charge in [0.15, 0.2) is 5.78 Å². The van der Waals surface area contributed by atoms with Crippen molar-refractivity contribution < 1.29 is 38.9 Å². The minimum atomic E-state index is -1.15. The van der Waals surface area contributed by atoms with Crippen LogP contribution in [0.25, 0.3) is 0 Å². The van der Waals surface area contributed by atoms with Gasteiger partial charge in [-0.05, 0) is 115 Å². The highest BCUT2D eigenvalue weighted by Crippen LogP contribution is 2.72. The number of aldehydes is 1. The van der Waals surface area contributed by atoms with E-state index in [1.807, 2.05) is 0 Å². The zero-order valence-corrected chi connectivity index (χ0v) is 32.8. The molecule has 0 bridgehead atoms. The largest absolute Gasteiger partial charge is 0.478 e. The van der Waals surface area contributed by atoms with E-state index in [0.29, 0.717) is 24.2 Å². The summed E-state index contributed by atoms with van der Waals surface area (Å²) in [5, 5.41) is 20.1. The maximum Gasteiger partial charge on any atom is 0.336 e. The molecule has 5 aliphatic rings. The molecule has 0 aliphatic heterocycles. The molecular formula is C43H61NO8. The second kappa shape index (κ2) is 14.1. The van der Waals surface area contributed by atoms with Gasteiger partial charge in [0, 0.05) is 24.4 Å². The number of ether oxygens (including phenoxy) is 1. The summed E-state index contributed by atoms with van der Waals surface area (Å²) in [4.78, 5) is 64.3. The second-order valence-corrected chi connectivity index (χ2v) is 18.6. The van der Waals surface area contributed by atoms with E-state index in [1.54, 1.807) is 32.0 Å². The summed E-state index contributed by atoms with van der Waals surface area (Å²) in [5.74, 6) is -0.341. The van der Waals surface area contributed by atoms with Crippen molar-refractivity contribution in [2.45, 2.75) is 131 Å². The van der Waals surface area contributed by atoms with Crippen molar-refractivity contribution in [2.75, 3.05) is 7.11 Å². The number of amides is 1. The maximum absolute atomic E-state index is 13.9. The van der Waals surface area contributed by atoms with Crippen molar-refractivity contribution in [3.05, 3.63) is 46.5 Å². The van der Waals surface area contributed by atoms with Gasteiger partial charge in [-0.15, -0.1) is 0 Å². The molecule has 9 heteroatoms. The Morgan fingerprint density at radius 3 is 2.17 bits per heavy atom. The molecule has 0 radical (unpaired) electrons. The number of aliphatic hydroxyl groups is 1. The Labute approximate surface area is 309 Å². The van der Waals surface area contributed by atoms with E-state index in [1.165, 1.54) is 6.07 Å². The van der Waals surface area contributed by atoms with Crippen molar-refractivity contribution in [3.63, 3.8) is 0 Å². The molecule has 3 N–H and O–H groups in total. The molecular weight excluding hydrogens is 658 g/mol. The summed E-state index contributed by atoms with van der Waals surface area (Å²) in [6.07, 6.45) is 8.39. The first-order valence-corrected chi connectivity index (χ1v) is 19.3. The molecule has 0 heterocycles. The highest BCUT2D eigenvalue weighted by atomic mass is 16.5. The molecule has 4 saturated carbocycles. The van der Waals surface area contributed by atoms with E-state index < -0.39 is 22.8 Å². The fourth-order valence-electron chi connectivity index (χ4n) is 12.4. The van der Waals surface area contributed by atoms with Crippen LogP contribution < -0.4 is 5.32 Å². The molecule has 52 heavy (non-hydrogen) atoms. The zero-order valence-electron chi connectivity index (χ0n) is 32.8. The van der Waals surface area contributed by atoms with Crippen molar-refractivity contribution in [1.29, 1.82) is 0 Å². The number of allylic oxidation sites excluding steroid dienone is 1. The van der Waals surface area contributed by atoms with E-state index >= 15 is 0 Å². The van der Waals surface area contributed by atoms with Gasteiger partial charge in [0.1, 0.15) is 12.4 Å². The van der Waals surface area contributed by atoms with Gasteiger partial charge < -0.3 is 25.1 Å². The number of carboxylic acids is 1. The van der Waals surface area contributed by atoms with Gasteiger partial charge in [0.05, 0.1) is 23.1 Å². The molecule has 0 spiro atoms. The van der Waals surface area contributed by atoms with Crippen LogP contribution in [0.4, 0.5) is 0 Å². The maximum atomic E-state index is 13.9. The molecule has 0 saturated heterocycles. The van der Waals surface area contributed by atoms with E-state index in [-0.39, 0.29) is 69.9 Å². The predicted molar refractivity (Wildman–Crippen MR) is 198 cm³/mol. The van der Waals surface area contributed by atoms with Crippen molar-refractivity contribution in [1.82, 2.24) is 5.32 Å². The zero-order chi connectivity index (χ0) is 38.6. The summed E-state index contributed by atoms with van der Waals surface area (Å²) in [6.45, 7) is 17.2. The van der Waals surface area contributed by atoms with Gasteiger partial charge in [0.2, 0.25) is 0 Å². The average molecular weight is 720 g/mol. The van der Waals surface area contributed by atoms with Crippen LogP contribution in [0.3, 0.4) is 0 Å². The Hall–Kier alpha value is -3.33. The molecule has 286 valence electrons. The summed E-state index contributed by atoms with van der Waals surface area (Å²) in [7, 11) is 1.00. The molecule has 9 nitrogen and oxygen atoms in total. The first-order valence-electron chi connectivity index (χ1n) is 19.3. The van der Waals surface area contributed by atoms with Gasteiger partial charge in [-0.1, -0.05) is 67.5 Å². The number of hydrogen-bond acceptors (Lipinski definition) is 7. The third-order valence-electron chi connectivity index (χ3n) is 14.5. The first-order chi connectivity index (χ1) is 24.3. The highest BCUT2D eigenvalue weighted by molar-refractivity contribution is 6.07. The summed E-state index contributed by atoms with van der Waals surface area (Å²) >= 11 is 0. The van der Waals surface area contributed by atoms with Crippen LogP contribution in [0.2, 0.25) is 0 Å². The molecule has 8 atom stereocenters. The molecule has 6 rings (SSSR count). The van der Waals surface area contributed by atoms with E-state index in [4.69, 9.17) is 9.84 Å². The van der Waals surface area contributed by atoms with E-state index in [2.05, 4.69) is 46.9 Å². The minimum absolute atomic E-state index is 0.0241. The van der Waals surface area contributed by atoms with Crippen LogP contribution in [0, 0.1) is 51.2 Å². The van der Waals surface area contributed by atoms with Crippen LogP contribution >= 0.6 is 0 Å². The van der Waals surface area contributed by atoms with Crippen LogP contribution in [-0.2, 0) is 19.1 Å². The Bertz CT molecular complexity index is 1640. The lowest BCUT2D eigenvalue weighted by atomic mass is 9.37. The number of hydrogen-bond donors (Lipinski definition) is 3. The number of nitrogens with one attached hydrogen (secondary N) is 1. The van der Waals surface area contributed by atoms with Crippen LogP contribution in [0.15, 0.2) is 35.4 Å². The molecule has 0 aromatic heterocycles. The fraction of sp³-hybridized carbons (Fsp3) is 0.698. The number of ketones is 1. The van der Waals surface area contributed by atoms with E-state index in [0.717, 1.165) is 69.5 Å². The number of fused-ring (bicyclic) bond motifs is 7. The Balaban J connectivity index is 0.00000257. The Morgan fingerprint density at radius 2 is 1.56 bits per heavy atom. The predicted octanol–water partition coefficient (Wildman–Crippen LogP) is 7.59. The second-order valence-electron chi connectivity index (χ2n) is 18.6. The molecule has 1 aromatic carbocycles. The van der Waals surface area contributed by atoms with Crippen LogP contribution in [0.1, 0.15) is 140 Å². The van der Waals surface area contributed by atoms with Crippen LogP contribution in [0.5, 0.6) is 0 Å². The smallest absolute Gasteiger partial charge is 0.336 e. The number of Topliss-reactive ketones (excluding diaryl/α,β-unsaturated/α-hetero) is 1. The SMILES string of the molecule is CC(C)C1=C2C3CCC4C(C)(CCC5C(C)(C)C(OC(=O)CC(C)(C)C=O)CCC54C)C3CCC2(NC(=O)c2ccccc2C(=O)O)CC1=O.CO. The minimum Gasteiger partial charge on any atom is -0.478 e. The highest BCUT2D eigenvalue weighted by Gasteiger charge is 2.67. The molecule has 1 amide bonds. The van der Waals surface area contributed by atoms with Gasteiger partial charge in [-0.2, -0.15) is 0 Å².